The summed E-state index contributed by atoms with van der Waals surface area (Å²) < 4.78 is 10.3. The van der Waals surface area contributed by atoms with Crippen LogP contribution in [0.25, 0.3) is 0 Å². The molecule has 0 aliphatic heterocycles. The van der Waals surface area contributed by atoms with Crippen molar-refractivity contribution >= 4 is 11.9 Å². The van der Waals surface area contributed by atoms with Crippen LogP contribution in [0.2, 0.25) is 0 Å². The first-order valence-corrected chi connectivity index (χ1v) is 7.65. The van der Waals surface area contributed by atoms with Gasteiger partial charge in [-0.15, -0.1) is 0 Å². The minimum atomic E-state index is -0.934. The van der Waals surface area contributed by atoms with Gasteiger partial charge in [0.05, 0.1) is 12.7 Å². The van der Waals surface area contributed by atoms with Crippen LogP contribution in [0.4, 0.5) is 0 Å². The van der Waals surface area contributed by atoms with E-state index in [1.807, 2.05) is 12.1 Å². The molecule has 0 aliphatic carbocycles. The minimum Gasteiger partial charge on any atom is -0.480 e. The molecule has 0 spiro atoms. The summed E-state index contributed by atoms with van der Waals surface area (Å²) in [4.78, 5) is 24.4. The number of hydrogen-bond donors (Lipinski definition) is 1. The largest absolute Gasteiger partial charge is 0.480 e. The summed E-state index contributed by atoms with van der Waals surface area (Å²) in [6, 6.07) is 16.5. The van der Waals surface area contributed by atoms with Gasteiger partial charge in [0.15, 0.2) is 12.1 Å². The number of nitrogens with zero attached hydrogens (tertiary/aromatic N) is 1. The van der Waals surface area contributed by atoms with Crippen LogP contribution in [0.15, 0.2) is 54.6 Å². The van der Waals surface area contributed by atoms with Gasteiger partial charge in [0.2, 0.25) is 0 Å². The topological polar surface area (TPSA) is 88.4 Å². The Balaban J connectivity index is 2.12. The van der Waals surface area contributed by atoms with Gasteiger partial charge in [0, 0.05) is 0 Å². The Hall–Kier alpha value is -3.33. The van der Waals surface area contributed by atoms with Crippen molar-refractivity contribution in [2.24, 2.45) is 0 Å². The predicted molar refractivity (Wildman–Crippen MR) is 90.6 cm³/mol. The van der Waals surface area contributed by atoms with E-state index in [0.717, 1.165) is 0 Å². The van der Waals surface area contributed by atoms with E-state index in [0.29, 0.717) is 16.9 Å². The number of nitrogens with one attached hydrogen (secondary N) is 1. The summed E-state index contributed by atoms with van der Waals surface area (Å²) in [6.07, 6.45) is -0.898. The van der Waals surface area contributed by atoms with Crippen molar-refractivity contribution in [1.82, 2.24) is 5.32 Å². The van der Waals surface area contributed by atoms with Crippen molar-refractivity contribution < 1.29 is 19.1 Å². The summed E-state index contributed by atoms with van der Waals surface area (Å²) in [6.45, 7) is 1.54. The second-order valence-corrected chi connectivity index (χ2v) is 5.24. The smallest absolute Gasteiger partial charge is 0.333 e. The lowest BCUT2D eigenvalue weighted by atomic mass is 10.1. The number of rotatable bonds is 6. The second kappa shape index (κ2) is 8.50. The molecule has 0 aromatic heterocycles. The predicted octanol–water partition coefficient (Wildman–Crippen LogP) is 2.36. The first-order valence-electron chi connectivity index (χ1n) is 7.65. The molecule has 1 N–H and O–H groups in total. The Morgan fingerprint density at radius 2 is 1.72 bits per heavy atom. The van der Waals surface area contributed by atoms with Crippen LogP contribution in [-0.4, -0.2) is 25.1 Å². The van der Waals surface area contributed by atoms with Crippen LogP contribution in [0.5, 0.6) is 5.75 Å². The molecular weight excluding hydrogens is 320 g/mol. The van der Waals surface area contributed by atoms with E-state index in [4.69, 9.17) is 14.7 Å². The second-order valence-electron chi connectivity index (χ2n) is 5.24. The van der Waals surface area contributed by atoms with Crippen LogP contribution in [0, 0.1) is 11.3 Å². The molecule has 0 fully saturated rings. The molecule has 0 bridgehead atoms. The maximum absolute atomic E-state index is 12.4. The number of nitriles is 1. The highest BCUT2D eigenvalue weighted by Gasteiger charge is 2.26. The number of amides is 1. The van der Waals surface area contributed by atoms with Crippen molar-refractivity contribution in [1.29, 1.82) is 5.26 Å². The summed E-state index contributed by atoms with van der Waals surface area (Å²) in [5, 5.41) is 11.7. The first kappa shape index (κ1) is 18.0. The van der Waals surface area contributed by atoms with Gasteiger partial charge in [-0.3, -0.25) is 4.79 Å². The standard InChI is InChI=1S/C19H18N2O4/c1-13(25-16-11-7-6-10-15(16)12-20)18(22)21-17(19(23)24-2)14-8-4-3-5-9-14/h3-11,13,17H,1-2H3,(H,21,22)/t13-,17+/m0/s1. The van der Waals surface area contributed by atoms with E-state index in [-0.39, 0.29) is 0 Å². The van der Waals surface area contributed by atoms with Gasteiger partial charge in [-0.05, 0) is 24.6 Å². The van der Waals surface area contributed by atoms with Crippen LogP contribution in [0.3, 0.4) is 0 Å². The molecule has 0 saturated heterocycles. The Morgan fingerprint density at radius 3 is 2.36 bits per heavy atom. The van der Waals surface area contributed by atoms with Gasteiger partial charge in [-0.25, -0.2) is 4.79 Å². The molecule has 2 aromatic rings. The normalized spacial score (nSPS) is 12.4. The van der Waals surface area contributed by atoms with Gasteiger partial charge in [-0.1, -0.05) is 42.5 Å². The van der Waals surface area contributed by atoms with Crippen LogP contribution >= 0.6 is 0 Å². The molecule has 0 radical (unpaired) electrons. The van der Waals surface area contributed by atoms with Crippen LogP contribution in [-0.2, 0) is 14.3 Å². The average molecular weight is 338 g/mol. The SMILES string of the molecule is COC(=O)[C@H](NC(=O)[C@H](C)Oc1ccccc1C#N)c1ccccc1. The Labute approximate surface area is 146 Å². The number of para-hydroxylation sites is 1. The maximum Gasteiger partial charge on any atom is 0.333 e. The van der Waals surface area contributed by atoms with Crippen molar-refractivity contribution in [3.63, 3.8) is 0 Å². The lowest BCUT2D eigenvalue weighted by Gasteiger charge is -2.20. The van der Waals surface area contributed by atoms with Crippen molar-refractivity contribution in [3.8, 4) is 11.8 Å². The van der Waals surface area contributed by atoms with Crippen molar-refractivity contribution in [3.05, 3.63) is 65.7 Å². The number of carbonyl (C=O) groups is 2. The van der Waals surface area contributed by atoms with Crippen molar-refractivity contribution in [2.75, 3.05) is 7.11 Å². The zero-order chi connectivity index (χ0) is 18.2. The molecule has 128 valence electrons. The summed E-state index contributed by atoms with van der Waals surface area (Å²) in [7, 11) is 1.26. The van der Waals surface area contributed by atoms with E-state index in [1.165, 1.54) is 7.11 Å². The Kier molecular flexibility index (Phi) is 6.13. The molecule has 6 heteroatoms. The van der Waals surface area contributed by atoms with Gasteiger partial charge >= 0.3 is 5.97 Å². The summed E-state index contributed by atoms with van der Waals surface area (Å²) in [5.41, 5.74) is 0.932. The number of ether oxygens (including phenoxy) is 2. The quantitative estimate of drug-likeness (QED) is 0.817. The summed E-state index contributed by atoms with van der Waals surface area (Å²) in [5.74, 6) is -0.766. The fourth-order valence-electron chi connectivity index (χ4n) is 2.21. The zero-order valence-corrected chi connectivity index (χ0v) is 13.9. The van der Waals surface area contributed by atoms with Crippen LogP contribution < -0.4 is 10.1 Å². The Bertz CT molecular complexity index is 784. The molecule has 2 rings (SSSR count). The van der Waals surface area contributed by atoms with E-state index in [2.05, 4.69) is 5.32 Å². The lowest BCUT2D eigenvalue weighted by Crippen LogP contribution is -2.41. The molecule has 2 atom stereocenters. The Morgan fingerprint density at radius 1 is 1.08 bits per heavy atom. The third kappa shape index (κ3) is 4.58. The number of hydrogen-bond acceptors (Lipinski definition) is 5. The monoisotopic (exact) mass is 338 g/mol. The van der Waals surface area contributed by atoms with Crippen molar-refractivity contribution in [2.45, 2.75) is 19.1 Å². The highest BCUT2D eigenvalue weighted by atomic mass is 16.5. The molecule has 1 amide bonds. The molecule has 0 saturated carbocycles. The molecule has 2 aromatic carbocycles. The van der Waals surface area contributed by atoms with Gasteiger partial charge in [0.25, 0.3) is 5.91 Å². The fraction of sp³-hybridized carbons (Fsp3) is 0.211. The highest BCUT2D eigenvalue weighted by Crippen LogP contribution is 2.19. The summed E-state index contributed by atoms with van der Waals surface area (Å²) >= 11 is 0. The van der Waals surface area contributed by atoms with Gasteiger partial charge in [0.1, 0.15) is 11.8 Å². The molecule has 0 unspecified atom stereocenters. The van der Waals surface area contributed by atoms with E-state index in [9.17, 15) is 9.59 Å². The third-order valence-corrected chi connectivity index (χ3v) is 3.54. The highest BCUT2D eigenvalue weighted by molar-refractivity contribution is 5.87. The number of esters is 1. The lowest BCUT2D eigenvalue weighted by molar-refractivity contribution is -0.146. The third-order valence-electron chi connectivity index (χ3n) is 3.54. The minimum absolute atomic E-state index is 0.307. The molecule has 0 aliphatic rings. The van der Waals surface area contributed by atoms with E-state index >= 15 is 0 Å². The number of methoxy groups -OCH3 is 1. The van der Waals surface area contributed by atoms with E-state index < -0.39 is 24.0 Å². The maximum atomic E-state index is 12.4. The van der Waals surface area contributed by atoms with Crippen LogP contribution in [0.1, 0.15) is 24.1 Å². The fourth-order valence-corrected chi connectivity index (χ4v) is 2.21. The molecule has 25 heavy (non-hydrogen) atoms. The molecular formula is C19H18N2O4. The van der Waals surface area contributed by atoms with Gasteiger partial charge in [-0.2, -0.15) is 5.26 Å². The average Bonchev–Trinajstić information content (AvgIpc) is 2.66. The zero-order valence-electron chi connectivity index (χ0n) is 13.9. The number of carbonyl (C=O) groups excluding carboxylic acids is 2. The van der Waals surface area contributed by atoms with Gasteiger partial charge < -0.3 is 14.8 Å². The van der Waals surface area contributed by atoms with E-state index in [1.54, 1.807) is 55.5 Å². The molecule has 0 heterocycles. The molecule has 6 nitrogen and oxygen atoms in total. The first-order chi connectivity index (χ1) is 12.1. The number of benzene rings is 2.